The number of aryl methyl sites for hydroxylation is 1. The first-order valence-corrected chi connectivity index (χ1v) is 18.9. The second kappa shape index (κ2) is 12.3. The largest absolute Gasteiger partial charge is 0.504 e. The van der Waals surface area contributed by atoms with Gasteiger partial charge in [0.1, 0.15) is 6.61 Å². The normalized spacial score (nSPS) is 28.3. The Hall–Kier alpha value is -4.37. The van der Waals surface area contributed by atoms with Crippen LogP contribution >= 0.6 is 11.8 Å². The molecule has 0 aromatic heterocycles. The molecular formula is C39H43N3O10S. The van der Waals surface area contributed by atoms with Crippen molar-refractivity contribution in [2.45, 2.75) is 61.6 Å². The first-order chi connectivity index (χ1) is 25.5. The standard InChI is InChI=1S/C39H43N3O10S/c1-17-9-20-10-21-13-42-23-14-50-38(46)39(22-12-25(47-4)24(43)11-19(22)7-8-40-39)15-53-36(31(42)30(41(21)3)27(20)32(44)33(17)48-5)29-26(37(45)49-6)18(2)34-35(28(23)29)52-16-51-34/h9,11-12,21,23,30-31,36,40,43-44H,7-8,10,13-16H2,1-6H3/t21-,23-,30+,31+,36?,39-/m0/s1. The van der Waals surface area contributed by atoms with Gasteiger partial charge in [-0.3, -0.25) is 15.1 Å². The quantitative estimate of drug-likeness (QED) is 0.332. The van der Waals surface area contributed by atoms with Crippen molar-refractivity contribution in [1.82, 2.24) is 15.1 Å². The van der Waals surface area contributed by atoms with E-state index in [-0.39, 0.29) is 54.5 Å². The van der Waals surface area contributed by atoms with E-state index < -0.39 is 28.8 Å². The molecule has 7 heterocycles. The number of phenolic OH excluding ortho intramolecular Hbond substituents is 2. The molecule has 2 saturated heterocycles. The number of carbonyl (C=O) groups excluding carboxylic acids is 2. The molecule has 3 aromatic carbocycles. The zero-order valence-corrected chi connectivity index (χ0v) is 31.3. The van der Waals surface area contributed by atoms with Crippen molar-refractivity contribution in [2.75, 3.05) is 60.6 Å². The number of carbonyl (C=O) groups is 2. The third-order valence-electron chi connectivity index (χ3n) is 12.4. The van der Waals surface area contributed by atoms with Gasteiger partial charge in [-0.25, -0.2) is 9.59 Å². The summed E-state index contributed by atoms with van der Waals surface area (Å²) in [6, 6.07) is 4.44. The first-order valence-electron chi connectivity index (χ1n) is 17.9. The number of fused-ring (bicyclic) bond motifs is 9. The predicted molar refractivity (Wildman–Crippen MR) is 193 cm³/mol. The summed E-state index contributed by atoms with van der Waals surface area (Å²) in [5.41, 5.74) is 5.50. The van der Waals surface area contributed by atoms with E-state index in [0.29, 0.717) is 59.9 Å². The average molecular weight is 746 g/mol. The molecule has 0 amide bonds. The lowest BCUT2D eigenvalue weighted by Gasteiger charge is -2.60. The summed E-state index contributed by atoms with van der Waals surface area (Å²) in [5.74, 6) is 1.15. The number of aromatic hydroxyl groups is 2. The van der Waals surface area contributed by atoms with Gasteiger partial charge in [-0.05, 0) is 73.7 Å². The minimum Gasteiger partial charge on any atom is -0.504 e. The zero-order valence-electron chi connectivity index (χ0n) is 30.5. The third kappa shape index (κ3) is 4.68. The lowest BCUT2D eigenvalue weighted by Crippen LogP contribution is -2.66. The van der Waals surface area contributed by atoms with Gasteiger partial charge in [0.05, 0.1) is 39.0 Å². The fraction of sp³-hybridized carbons (Fsp3) is 0.487. The summed E-state index contributed by atoms with van der Waals surface area (Å²) in [6.45, 7) is 4.88. The van der Waals surface area contributed by atoms with Crippen LogP contribution in [0, 0.1) is 13.8 Å². The molecule has 1 unspecified atom stereocenters. The van der Waals surface area contributed by atoms with E-state index >= 15 is 0 Å². The number of methoxy groups -OCH3 is 3. The number of nitrogens with zero attached hydrogens (tertiary/aromatic N) is 2. The van der Waals surface area contributed by atoms with Gasteiger partial charge in [0.25, 0.3) is 0 Å². The highest BCUT2D eigenvalue weighted by Crippen LogP contribution is 2.62. The second-order valence-corrected chi connectivity index (χ2v) is 15.9. The number of hydrogen-bond donors (Lipinski definition) is 3. The molecule has 2 fully saturated rings. The Balaban J connectivity index is 1.31. The van der Waals surface area contributed by atoms with Crippen LogP contribution in [-0.2, 0) is 32.6 Å². The van der Waals surface area contributed by atoms with Crippen LogP contribution in [-0.4, -0.2) is 105 Å². The van der Waals surface area contributed by atoms with Gasteiger partial charge in [0.15, 0.2) is 40.0 Å². The Kier molecular flexibility index (Phi) is 8.01. The summed E-state index contributed by atoms with van der Waals surface area (Å²) in [5, 5.41) is 25.8. The van der Waals surface area contributed by atoms with Gasteiger partial charge < -0.3 is 38.6 Å². The average Bonchev–Trinajstić information content (AvgIpc) is 3.63. The first kappa shape index (κ1) is 34.4. The van der Waals surface area contributed by atoms with Crippen LogP contribution in [0.5, 0.6) is 34.5 Å². The number of benzene rings is 3. The molecule has 7 aliphatic heterocycles. The highest BCUT2D eigenvalue weighted by Gasteiger charge is 2.59. The Bertz CT molecular complexity index is 2090. The second-order valence-electron chi connectivity index (χ2n) is 14.8. The van der Waals surface area contributed by atoms with Crippen LogP contribution in [0.1, 0.15) is 72.2 Å². The number of piperazine rings is 1. The van der Waals surface area contributed by atoms with Crippen LogP contribution in [0.3, 0.4) is 0 Å². The van der Waals surface area contributed by atoms with Gasteiger partial charge in [-0.15, -0.1) is 11.8 Å². The maximum absolute atomic E-state index is 14.7. The van der Waals surface area contributed by atoms with Crippen molar-refractivity contribution in [3.8, 4) is 34.5 Å². The molecule has 10 rings (SSSR count). The molecule has 0 saturated carbocycles. The molecule has 0 aliphatic carbocycles. The predicted octanol–water partition coefficient (Wildman–Crippen LogP) is 3.96. The minimum absolute atomic E-state index is 0.00307. The summed E-state index contributed by atoms with van der Waals surface area (Å²) >= 11 is 1.56. The molecule has 53 heavy (non-hydrogen) atoms. The highest BCUT2D eigenvalue weighted by molar-refractivity contribution is 7.99. The smallest absolute Gasteiger partial charge is 0.338 e. The van der Waals surface area contributed by atoms with Crippen LogP contribution < -0.4 is 24.3 Å². The van der Waals surface area contributed by atoms with E-state index in [1.54, 1.807) is 31.0 Å². The summed E-state index contributed by atoms with van der Waals surface area (Å²) < 4.78 is 35.5. The fourth-order valence-corrected chi connectivity index (χ4v) is 11.8. The summed E-state index contributed by atoms with van der Waals surface area (Å²) in [6.07, 6.45) is 1.30. The van der Waals surface area contributed by atoms with Crippen molar-refractivity contribution in [3.05, 3.63) is 68.3 Å². The molecule has 6 atom stereocenters. The topological polar surface area (TPSA) is 148 Å². The number of rotatable bonds is 3. The van der Waals surface area contributed by atoms with E-state index in [1.165, 1.54) is 14.2 Å². The lowest BCUT2D eigenvalue weighted by molar-refractivity contribution is -0.156. The SMILES string of the molecule is COC(=O)c1c(C)c2c(c3c1C1SC[C@@]4(NCCc5cc(O)c(OC)cc54)C(=O)OC[C@@H]3N3C[C@@H]4Cc5cc(C)c(OC)c(O)c5[C@H]([C@H]13)N4C)OCO2. The van der Waals surface area contributed by atoms with Gasteiger partial charge in [-0.1, -0.05) is 6.07 Å². The van der Waals surface area contributed by atoms with E-state index in [9.17, 15) is 19.8 Å². The Morgan fingerprint density at radius 3 is 2.57 bits per heavy atom. The molecule has 3 N–H and O–H groups in total. The minimum atomic E-state index is -1.30. The van der Waals surface area contributed by atoms with Crippen molar-refractivity contribution < 1.29 is 48.2 Å². The Morgan fingerprint density at radius 1 is 1.02 bits per heavy atom. The molecule has 7 aliphatic rings. The summed E-state index contributed by atoms with van der Waals surface area (Å²) in [4.78, 5) is 33.4. The lowest BCUT2D eigenvalue weighted by atomic mass is 9.72. The van der Waals surface area contributed by atoms with E-state index in [2.05, 4.69) is 28.2 Å². The highest BCUT2D eigenvalue weighted by atomic mass is 32.2. The number of thioether (sulfide) groups is 1. The molecule has 14 heteroatoms. The number of likely N-dealkylation sites (N-methyl/N-ethyl adjacent to an activating group) is 1. The van der Waals surface area contributed by atoms with Crippen molar-refractivity contribution in [3.63, 3.8) is 0 Å². The number of hydrogen-bond acceptors (Lipinski definition) is 14. The van der Waals surface area contributed by atoms with Gasteiger partial charge >= 0.3 is 11.9 Å². The van der Waals surface area contributed by atoms with E-state index in [1.807, 2.05) is 13.8 Å². The molecular weight excluding hydrogens is 703 g/mol. The fourth-order valence-electron chi connectivity index (χ4n) is 10.0. The van der Waals surface area contributed by atoms with Crippen LogP contribution in [0.2, 0.25) is 0 Å². The molecule has 0 radical (unpaired) electrons. The molecule has 3 aromatic rings. The van der Waals surface area contributed by atoms with Gasteiger partial charge in [-0.2, -0.15) is 0 Å². The maximum Gasteiger partial charge on any atom is 0.338 e. The van der Waals surface area contributed by atoms with Crippen LogP contribution in [0.15, 0.2) is 18.2 Å². The van der Waals surface area contributed by atoms with Crippen molar-refractivity contribution in [2.24, 2.45) is 0 Å². The van der Waals surface area contributed by atoms with Crippen LogP contribution in [0.25, 0.3) is 0 Å². The number of esters is 2. The molecule has 4 bridgehead atoms. The molecule has 13 nitrogen and oxygen atoms in total. The molecule has 1 spiro atoms. The number of nitrogens with one attached hydrogen (secondary N) is 1. The van der Waals surface area contributed by atoms with Gasteiger partial charge in [0.2, 0.25) is 6.79 Å². The molecule has 280 valence electrons. The van der Waals surface area contributed by atoms with E-state index in [0.717, 1.165) is 33.4 Å². The van der Waals surface area contributed by atoms with Gasteiger partial charge in [0, 0.05) is 52.9 Å². The monoisotopic (exact) mass is 745 g/mol. The number of phenols is 2. The van der Waals surface area contributed by atoms with E-state index in [4.69, 9.17) is 28.4 Å². The third-order valence-corrected chi connectivity index (χ3v) is 13.9. The summed E-state index contributed by atoms with van der Waals surface area (Å²) in [7, 11) is 6.53. The maximum atomic E-state index is 14.7. The Labute approximate surface area is 311 Å². The van der Waals surface area contributed by atoms with Crippen molar-refractivity contribution in [1.29, 1.82) is 0 Å². The zero-order chi connectivity index (χ0) is 37.1. The van der Waals surface area contributed by atoms with Crippen LogP contribution in [0.4, 0.5) is 0 Å². The number of ether oxygens (including phenoxy) is 6. The Morgan fingerprint density at radius 2 is 1.81 bits per heavy atom. The van der Waals surface area contributed by atoms with Crippen molar-refractivity contribution >= 4 is 23.7 Å².